The van der Waals surface area contributed by atoms with Gasteiger partial charge < -0.3 is 25.2 Å². The number of benzene rings is 2. The van der Waals surface area contributed by atoms with E-state index in [1.54, 1.807) is 61.5 Å². The molecule has 2 aromatic heterocycles. The summed E-state index contributed by atoms with van der Waals surface area (Å²) < 4.78 is 31.0. The molecule has 2 aliphatic rings. The zero-order chi connectivity index (χ0) is 51.5. The van der Waals surface area contributed by atoms with Crippen molar-refractivity contribution in [3.63, 3.8) is 0 Å². The van der Waals surface area contributed by atoms with Crippen LogP contribution in [0.2, 0.25) is 0 Å². The Morgan fingerprint density at radius 3 is 1.44 bits per heavy atom. The Kier molecular flexibility index (Phi) is 19.0. The van der Waals surface area contributed by atoms with Crippen LogP contribution in [-0.4, -0.2) is 107 Å². The van der Waals surface area contributed by atoms with E-state index in [-0.39, 0.29) is 41.6 Å². The predicted octanol–water partition coefficient (Wildman–Crippen LogP) is 7.56. The van der Waals surface area contributed by atoms with E-state index in [1.807, 2.05) is 26.8 Å². The zero-order valence-corrected chi connectivity index (χ0v) is 42.6. The minimum atomic E-state index is -2.07. The molecule has 0 bridgehead atoms. The fourth-order valence-corrected chi connectivity index (χ4v) is 8.91. The van der Waals surface area contributed by atoms with Gasteiger partial charge in [-0.05, 0) is 105 Å². The number of aliphatic hydroxyl groups is 1. The van der Waals surface area contributed by atoms with Crippen LogP contribution in [-0.2, 0) is 9.47 Å². The van der Waals surface area contributed by atoms with Crippen LogP contribution in [0.5, 0.6) is 0 Å². The molecule has 376 valence electrons. The van der Waals surface area contributed by atoms with E-state index >= 15 is 4.39 Å². The molecule has 0 aliphatic carbocycles. The smallest absolute Gasteiger partial charge is 0.351 e. The molecular formula is C54H71FN8O7. The highest BCUT2D eigenvalue weighted by Crippen LogP contribution is 2.46. The van der Waals surface area contributed by atoms with Crippen LogP contribution in [0, 0.1) is 35.5 Å². The maximum Gasteiger partial charge on any atom is 0.351 e. The quantitative estimate of drug-likeness (QED) is 0.107. The zero-order valence-electron chi connectivity index (χ0n) is 42.6. The molecule has 2 fully saturated rings. The molecule has 8 atom stereocenters. The Morgan fingerprint density at radius 2 is 1.04 bits per heavy atom. The number of amides is 2. The summed E-state index contributed by atoms with van der Waals surface area (Å²) in [7, 11) is 0. The van der Waals surface area contributed by atoms with Gasteiger partial charge in [-0.15, -0.1) is 0 Å². The van der Waals surface area contributed by atoms with Crippen LogP contribution in [0.3, 0.4) is 0 Å². The van der Waals surface area contributed by atoms with Gasteiger partial charge in [-0.1, -0.05) is 87.8 Å². The predicted molar refractivity (Wildman–Crippen MR) is 271 cm³/mol. The summed E-state index contributed by atoms with van der Waals surface area (Å²) in [4.78, 5) is 63.0. The van der Waals surface area contributed by atoms with Gasteiger partial charge in [0, 0.05) is 59.5 Å². The molecule has 3 N–H and O–H groups in total. The number of carbonyl (C=O) groups excluding carboxylic acids is 2. The monoisotopic (exact) mass is 963 g/mol. The summed E-state index contributed by atoms with van der Waals surface area (Å²) in [6.07, 6.45) is 1.22. The molecule has 0 spiro atoms. The summed E-state index contributed by atoms with van der Waals surface area (Å²) in [5, 5.41) is 16.9. The number of alkyl halides is 1. The molecular weight excluding hydrogens is 892 g/mol. The Morgan fingerprint density at radius 1 is 0.657 bits per heavy atom. The van der Waals surface area contributed by atoms with Crippen molar-refractivity contribution in [3.8, 4) is 23.7 Å². The summed E-state index contributed by atoms with van der Waals surface area (Å²) in [6, 6.07) is 21.4. The number of halogens is 1. The summed E-state index contributed by atoms with van der Waals surface area (Å²) in [5.74, 6) is 10.6. The molecule has 16 heteroatoms. The lowest BCUT2D eigenvalue weighted by Crippen LogP contribution is -2.44. The van der Waals surface area contributed by atoms with Crippen LogP contribution in [0.1, 0.15) is 129 Å². The number of aromatic nitrogens is 4. The minimum Gasteiger partial charge on any atom is -0.373 e. The molecule has 0 saturated carbocycles. The lowest BCUT2D eigenvalue weighted by molar-refractivity contribution is -0.0676. The summed E-state index contributed by atoms with van der Waals surface area (Å²) in [5.41, 5.74) is -4.11. The molecule has 15 nitrogen and oxygen atoms in total. The number of anilines is 2. The first-order chi connectivity index (χ1) is 33.2. The van der Waals surface area contributed by atoms with Crippen molar-refractivity contribution in [3.05, 3.63) is 117 Å². The normalized spacial score (nSPS) is 24.0. The van der Waals surface area contributed by atoms with Crippen molar-refractivity contribution >= 4 is 23.5 Å². The second-order valence-corrected chi connectivity index (χ2v) is 19.0. The average molecular weight is 963 g/mol. The Balaban J connectivity index is 0.000000261. The standard InChI is InChI=1S/C27H35FN4O3.C27H36N4O4/c1-7-22-20(6)27(28,15-11-16-31(18(2)3)19(4)5)25(35-22)32-17-14-23(30-26(32)34)29-24(33)21-12-9-8-10-13-21;1-7-22-20(6)27(34,15-11-16-30(18(2)3)19(4)5)25(35-22)31-17-14-23(29-26(31)33)28-24(32)21-12-9-8-10-13-21/h8-10,12-14,17-20,22,25H,7,16H2,1-6H3,(H,29,30,33,34);8-10,12-14,17-20,22,25,34H,7,16H2,1-6H3,(H,28,29,32,33)/t2*20-,22+,25+,27?/m00/s1. The van der Waals surface area contributed by atoms with Crippen LogP contribution in [0.4, 0.5) is 16.0 Å². The molecule has 4 aromatic rings. The van der Waals surface area contributed by atoms with Gasteiger partial charge in [-0.2, -0.15) is 9.97 Å². The van der Waals surface area contributed by atoms with Crippen LogP contribution in [0.15, 0.2) is 94.8 Å². The fourth-order valence-electron chi connectivity index (χ4n) is 8.91. The first kappa shape index (κ1) is 54.9. The van der Waals surface area contributed by atoms with Crippen molar-refractivity contribution in [1.82, 2.24) is 28.9 Å². The van der Waals surface area contributed by atoms with E-state index < -0.39 is 53.0 Å². The second kappa shape index (κ2) is 24.2. The molecule has 4 heterocycles. The third-order valence-corrected chi connectivity index (χ3v) is 13.1. The van der Waals surface area contributed by atoms with Gasteiger partial charge in [0.25, 0.3) is 11.8 Å². The van der Waals surface area contributed by atoms with Crippen molar-refractivity contribution in [2.45, 2.75) is 156 Å². The number of nitrogens with one attached hydrogen (secondary N) is 2. The Labute approximate surface area is 412 Å². The second-order valence-electron chi connectivity index (χ2n) is 19.0. The third kappa shape index (κ3) is 12.8. The lowest BCUT2D eigenvalue weighted by Gasteiger charge is -2.29. The summed E-state index contributed by atoms with van der Waals surface area (Å²) in [6.45, 7) is 25.2. The SMILES string of the molecule is CC[C@H]1O[C@@H](n2ccc(NC(=O)c3ccccc3)nc2=O)C(F)(C#CCN(C(C)C)C(C)C)[C@H]1C.CC[C@H]1O[C@@H](n2ccc(NC(=O)c3ccccc3)nc2=O)C(O)(C#CCN(C(C)C)C(C)C)[C@H]1C. The van der Waals surface area contributed by atoms with Gasteiger partial charge in [0.1, 0.15) is 11.6 Å². The lowest BCUT2D eigenvalue weighted by atomic mass is 9.85. The third-order valence-electron chi connectivity index (χ3n) is 13.1. The Hall–Kier alpha value is -6.01. The molecule has 6 rings (SSSR count). The van der Waals surface area contributed by atoms with Crippen molar-refractivity contribution in [1.29, 1.82) is 0 Å². The number of hydrogen-bond acceptors (Lipinski definition) is 11. The first-order valence-corrected chi connectivity index (χ1v) is 24.3. The Bertz CT molecular complexity index is 2440. The van der Waals surface area contributed by atoms with Crippen molar-refractivity contribution < 1.29 is 28.6 Å². The van der Waals surface area contributed by atoms with Crippen LogP contribution in [0.25, 0.3) is 0 Å². The maximum absolute atomic E-state index is 16.5. The van der Waals surface area contributed by atoms with E-state index in [9.17, 15) is 24.3 Å². The largest absolute Gasteiger partial charge is 0.373 e. The molecule has 2 saturated heterocycles. The average Bonchev–Trinajstić information content (AvgIpc) is 3.72. The maximum atomic E-state index is 16.5. The first-order valence-electron chi connectivity index (χ1n) is 24.3. The van der Waals surface area contributed by atoms with Gasteiger partial charge in [-0.25, -0.2) is 14.0 Å². The van der Waals surface area contributed by atoms with E-state index in [1.165, 1.54) is 29.1 Å². The number of hydrogen-bond donors (Lipinski definition) is 3. The number of nitrogens with zero attached hydrogens (tertiary/aromatic N) is 6. The van der Waals surface area contributed by atoms with Gasteiger partial charge in [0.2, 0.25) is 5.67 Å². The molecule has 2 unspecified atom stereocenters. The molecule has 0 radical (unpaired) electrons. The molecule has 2 aromatic carbocycles. The van der Waals surface area contributed by atoms with Gasteiger partial charge in [-0.3, -0.25) is 28.5 Å². The van der Waals surface area contributed by atoms with Gasteiger partial charge in [0.15, 0.2) is 18.1 Å². The molecule has 2 amide bonds. The number of carbonyl (C=O) groups is 2. The van der Waals surface area contributed by atoms with Gasteiger partial charge >= 0.3 is 11.4 Å². The number of rotatable bonds is 14. The minimum absolute atomic E-state index is 0.0817. The van der Waals surface area contributed by atoms with E-state index in [2.05, 4.69) is 109 Å². The fraction of sp³-hybridized carbons (Fsp3) is 0.519. The topological polar surface area (TPSA) is 173 Å². The van der Waals surface area contributed by atoms with E-state index in [0.29, 0.717) is 49.1 Å². The highest BCUT2D eigenvalue weighted by Gasteiger charge is 2.56. The van der Waals surface area contributed by atoms with E-state index in [0.717, 1.165) is 4.57 Å². The van der Waals surface area contributed by atoms with E-state index in [4.69, 9.17) is 9.47 Å². The van der Waals surface area contributed by atoms with Crippen molar-refractivity contribution in [2.24, 2.45) is 11.8 Å². The molecule has 2 aliphatic heterocycles. The van der Waals surface area contributed by atoms with Crippen LogP contribution < -0.4 is 22.0 Å². The highest BCUT2D eigenvalue weighted by atomic mass is 19.1. The summed E-state index contributed by atoms with van der Waals surface area (Å²) >= 11 is 0. The van der Waals surface area contributed by atoms with Crippen LogP contribution >= 0.6 is 0 Å². The highest BCUT2D eigenvalue weighted by molar-refractivity contribution is 6.04. The number of ether oxygens (including phenoxy) is 2. The van der Waals surface area contributed by atoms with Crippen molar-refractivity contribution in [2.75, 3.05) is 23.7 Å². The van der Waals surface area contributed by atoms with Gasteiger partial charge in [0.05, 0.1) is 25.3 Å². The molecule has 70 heavy (non-hydrogen) atoms.